The first-order chi connectivity index (χ1) is 9.75. The Labute approximate surface area is 120 Å². The summed E-state index contributed by atoms with van der Waals surface area (Å²) in [4.78, 5) is 8.34. The van der Waals surface area contributed by atoms with Crippen molar-refractivity contribution in [1.29, 1.82) is 5.41 Å². The van der Waals surface area contributed by atoms with Gasteiger partial charge in [-0.2, -0.15) is 0 Å². The van der Waals surface area contributed by atoms with Gasteiger partial charge in [-0.1, -0.05) is 6.42 Å². The van der Waals surface area contributed by atoms with Gasteiger partial charge in [0.05, 0.1) is 0 Å². The third kappa shape index (κ3) is 2.51. The lowest BCUT2D eigenvalue weighted by molar-refractivity contribution is 0.590. The zero-order valence-electron chi connectivity index (χ0n) is 10.9. The lowest BCUT2D eigenvalue weighted by Crippen LogP contribution is -2.15. The van der Waals surface area contributed by atoms with Crippen LogP contribution in [0, 0.1) is 5.41 Å². The van der Waals surface area contributed by atoms with Gasteiger partial charge < -0.3 is 10.3 Å². The van der Waals surface area contributed by atoms with Gasteiger partial charge in [-0.15, -0.1) is 10.2 Å². The van der Waals surface area contributed by atoms with Crippen LogP contribution in [0.25, 0.3) is 0 Å². The van der Waals surface area contributed by atoms with Crippen molar-refractivity contribution in [2.24, 2.45) is 5.73 Å². The van der Waals surface area contributed by atoms with Crippen LogP contribution in [0.1, 0.15) is 30.8 Å². The summed E-state index contributed by atoms with van der Waals surface area (Å²) in [6, 6.07) is 0. The maximum Gasteiger partial charge on any atom is 0.197 e. The van der Waals surface area contributed by atoms with Crippen LogP contribution in [0.15, 0.2) is 22.6 Å². The Bertz CT molecular complexity index is 636. The predicted molar refractivity (Wildman–Crippen MR) is 74.7 cm³/mol. The molecule has 0 spiro atoms. The van der Waals surface area contributed by atoms with Crippen LogP contribution < -0.4 is 5.73 Å². The molecule has 0 saturated carbocycles. The fourth-order valence-electron chi connectivity index (χ4n) is 2.21. The third-order valence-corrected chi connectivity index (χ3v) is 4.16. The van der Waals surface area contributed by atoms with Crippen LogP contribution >= 0.6 is 11.8 Å². The van der Waals surface area contributed by atoms with Gasteiger partial charge in [0.2, 0.25) is 0 Å². The third-order valence-electron chi connectivity index (χ3n) is 3.18. The molecule has 0 bridgehead atoms. The quantitative estimate of drug-likeness (QED) is 0.650. The Hall–Kier alpha value is -1.96. The average molecular weight is 289 g/mol. The van der Waals surface area contributed by atoms with Gasteiger partial charge in [-0.05, 0) is 24.6 Å². The number of fused-ring (bicyclic) bond motifs is 1. The first-order valence-electron chi connectivity index (χ1n) is 6.51. The van der Waals surface area contributed by atoms with Crippen LogP contribution in [0.5, 0.6) is 0 Å². The minimum Gasteiger partial charge on any atom is -0.382 e. The van der Waals surface area contributed by atoms with Crippen molar-refractivity contribution < 1.29 is 0 Å². The molecular formula is C12H15N7S. The molecule has 3 rings (SSSR count). The van der Waals surface area contributed by atoms with E-state index in [0.29, 0.717) is 10.7 Å². The van der Waals surface area contributed by atoms with Crippen molar-refractivity contribution in [2.45, 2.75) is 42.4 Å². The van der Waals surface area contributed by atoms with E-state index in [9.17, 15) is 0 Å². The van der Waals surface area contributed by atoms with Gasteiger partial charge in [0.1, 0.15) is 22.4 Å². The Morgan fingerprint density at radius 2 is 2.05 bits per heavy atom. The zero-order valence-corrected chi connectivity index (χ0v) is 11.7. The Morgan fingerprint density at radius 3 is 2.90 bits per heavy atom. The molecule has 1 aliphatic heterocycles. The predicted octanol–water partition coefficient (Wildman–Crippen LogP) is 1.23. The summed E-state index contributed by atoms with van der Waals surface area (Å²) in [6.45, 7) is 0.931. The maximum atomic E-state index is 7.55. The summed E-state index contributed by atoms with van der Waals surface area (Å²) in [5, 5.41) is 17.4. The minimum absolute atomic E-state index is 0.0868. The molecule has 7 nitrogen and oxygen atoms in total. The molecule has 1 aliphatic rings. The highest BCUT2D eigenvalue weighted by atomic mass is 32.2. The van der Waals surface area contributed by atoms with Gasteiger partial charge in [-0.25, -0.2) is 9.97 Å². The van der Waals surface area contributed by atoms with Gasteiger partial charge in [-0.3, -0.25) is 5.41 Å². The molecule has 3 N–H and O–H groups in total. The molecule has 0 aromatic carbocycles. The fourth-order valence-corrected chi connectivity index (χ4v) is 3.14. The van der Waals surface area contributed by atoms with Gasteiger partial charge in [0.25, 0.3) is 0 Å². The molecule has 2 aromatic heterocycles. The maximum absolute atomic E-state index is 7.55. The first-order valence-corrected chi connectivity index (χ1v) is 7.32. The standard InChI is InChI=1S/C12H15N7S/c13-10(14)9-11(16-6-5-15-9)20-12-18-17-8-4-2-1-3-7-19(8)12/h5-6H,1-4,7H2,(H3,13,14). The molecule has 0 unspecified atom stereocenters. The molecule has 2 aromatic rings. The molecule has 0 amide bonds. The van der Waals surface area contributed by atoms with E-state index in [1.807, 2.05) is 0 Å². The van der Waals surface area contributed by atoms with Crippen LogP contribution in [-0.4, -0.2) is 30.6 Å². The Kier molecular flexibility index (Phi) is 3.64. The Morgan fingerprint density at radius 1 is 1.20 bits per heavy atom. The number of amidine groups is 1. The van der Waals surface area contributed by atoms with E-state index in [-0.39, 0.29) is 5.84 Å². The number of nitrogens with two attached hydrogens (primary N) is 1. The minimum atomic E-state index is -0.0868. The number of aromatic nitrogens is 5. The van der Waals surface area contributed by atoms with Crippen molar-refractivity contribution in [3.8, 4) is 0 Å². The van der Waals surface area contributed by atoms with Crippen LogP contribution in [0.2, 0.25) is 0 Å². The number of nitrogens with zero attached hydrogens (tertiary/aromatic N) is 5. The smallest absolute Gasteiger partial charge is 0.197 e. The van der Waals surface area contributed by atoms with Gasteiger partial charge in [0, 0.05) is 25.4 Å². The van der Waals surface area contributed by atoms with E-state index >= 15 is 0 Å². The summed E-state index contributed by atoms with van der Waals surface area (Å²) in [6.07, 6.45) is 7.61. The molecule has 104 valence electrons. The molecule has 3 heterocycles. The summed E-state index contributed by atoms with van der Waals surface area (Å²) in [7, 11) is 0. The molecule has 0 atom stereocenters. The topological polar surface area (TPSA) is 106 Å². The van der Waals surface area contributed by atoms with Gasteiger partial charge in [0.15, 0.2) is 5.16 Å². The van der Waals surface area contributed by atoms with E-state index in [1.54, 1.807) is 6.20 Å². The number of nitrogens with one attached hydrogen (secondary N) is 1. The first kappa shape index (κ1) is 13.0. The number of nitrogen functional groups attached to an aromatic ring is 1. The summed E-state index contributed by atoms with van der Waals surface area (Å²) < 4.78 is 2.14. The second-order valence-corrected chi connectivity index (χ2v) is 5.54. The highest BCUT2D eigenvalue weighted by Crippen LogP contribution is 2.28. The number of rotatable bonds is 3. The monoisotopic (exact) mass is 289 g/mol. The van der Waals surface area contributed by atoms with Crippen molar-refractivity contribution in [1.82, 2.24) is 24.7 Å². The molecule has 0 aliphatic carbocycles. The number of hydrogen-bond acceptors (Lipinski definition) is 6. The number of hydrogen-bond donors (Lipinski definition) is 2. The lowest BCUT2D eigenvalue weighted by Gasteiger charge is -2.07. The SMILES string of the molecule is N=C(N)c1nccnc1Sc1nnc2n1CCCCC2. The molecule has 20 heavy (non-hydrogen) atoms. The molecule has 0 fully saturated rings. The number of aryl methyl sites for hydroxylation is 1. The van der Waals surface area contributed by atoms with Crippen molar-refractivity contribution in [3.05, 3.63) is 23.9 Å². The second-order valence-electron chi connectivity index (χ2n) is 4.59. The lowest BCUT2D eigenvalue weighted by atomic mass is 10.2. The van der Waals surface area contributed by atoms with Crippen LogP contribution in [0.4, 0.5) is 0 Å². The van der Waals surface area contributed by atoms with Crippen LogP contribution in [0.3, 0.4) is 0 Å². The van der Waals surface area contributed by atoms with E-state index in [4.69, 9.17) is 11.1 Å². The zero-order chi connectivity index (χ0) is 13.9. The van der Waals surface area contributed by atoms with Crippen molar-refractivity contribution in [3.63, 3.8) is 0 Å². The van der Waals surface area contributed by atoms with Crippen molar-refractivity contribution >= 4 is 17.6 Å². The molecule has 0 radical (unpaired) electrons. The largest absolute Gasteiger partial charge is 0.382 e. The van der Waals surface area contributed by atoms with Gasteiger partial charge >= 0.3 is 0 Å². The molecule has 0 saturated heterocycles. The van der Waals surface area contributed by atoms with Crippen LogP contribution in [-0.2, 0) is 13.0 Å². The van der Waals surface area contributed by atoms with Crippen molar-refractivity contribution in [2.75, 3.05) is 0 Å². The van der Waals surface area contributed by atoms with E-state index < -0.39 is 0 Å². The van der Waals surface area contributed by atoms with E-state index in [0.717, 1.165) is 36.8 Å². The summed E-state index contributed by atoms with van der Waals surface area (Å²) in [5.41, 5.74) is 5.92. The normalized spacial score (nSPS) is 14.6. The highest BCUT2D eigenvalue weighted by molar-refractivity contribution is 7.99. The summed E-state index contributed by atoms with van der Waals surface area (Å²) in [5.74, 6) is 0.939. The fraction of sp³-hybridized carbons (Fsp3) is 0.417. The second kappa shape index (κ2) is 5.58. The highest BCUT2D eigenvalue weighted by Gasteiger charge is 2.18. The average Bonchev–Trinajstić information content (AvgIpc) is 2.68. The summed E-state index contributed by atoms with van der Waals surface area (Å²) >= 11 is 1.37. The molecule has 8 heteroatoms. The Balaban J connectivity index is 1.92. The van der Waals surface area contributed by atoms with E-state index in [1.165, 1.54) is 24.4 Å². The molecular weight excluding hydrogens is 274 g/mol. The van der Waals surface area contributed by atoms with E-state index in [2.05, 4.69) is 24.7 Å².